The van der Waals surface area contributed by atoms with Gasteiger partial charge in [0.25, 0.3) is 5.91 Å². The maximum atomic E-state index is 12.7. The second kappa shape index (κ2) is 8.64. The number of carbonyl (C=O) groups is 1. The first-order valence-corrected chi connectivity index (χ1v) is 9.04. The maximum Gasteiger partial charge on any atom is 0.416 e. The summed E-state index contributed by atoms with van der Waals surface area (Å²) in [6.07, 6.45) is -5.40. The van der Waals surface area contributed by atoms with Gasteiger partial charge in [0.1, 0.15) is 17.6 Å². The average molecular weight is 416 g/mol. The SMILES string of the molecule is CC(=NC(=O)c1ccc2c(Oc3ccc(C(F)(F)F)cc3)cccc2c1)[C@@H](O)CN. The normalized spacial score (nSPS) is 13.3. The number of carbonyl (C=O) groups excluding carboxylic acids is 1. The molecule has 30 heavy (non-hydrogen) atoms. The lowest BCUT2D eigenvalue weighted by molar-refractivity contribution is -0.137. The molecule has 156 valence electrons. The van der Waals surface area contributed by atoms with Crippen molar-refractivity contribution in [2.75, 3.05) is 6.54 Å². The van der Waals surface area contributed by atoms with E-state index in [9.17, 15) is 23.1 Å². The topological polar surface area (TPSA) is 84.9 Å². The third-order valence-corrected chi connectivity index (χ3v) is 4.48. The number of alkyl halides is 3. The first-order valence-electron chi connectivity index (χ1n) is 9.04. The number of ether oxygens (including phenoxy) is 1. The lowest BCUT2D eigenvalue weighted by Crippen LogP contribution is -2.27. The van der Waals surface area contributed by atoms with Crippen LogP contribution in [-0.2, 0) is 6.18 Å². The lowest BCUT2D eigenvalue weighted by atomic mass is 10.1. The van der Waals surface area contributed by atoms with Gasteiger partial charge >= 0.3 is 6.18 Å². The summed E-state index contributed by atoms with van der Waals surface area (Å²) in [4.78, 5) is 16.2. The van der Waals surface area contributed by atoms with E-state index in [-0.39, 0.29) is 18.0 Å². The molecule has 3 N–H and O–H groups in total. The molecular weight excluding hydrogens is 397 g/mol. The lowest BCUT2D eigenvalue weighted by Gasteiger charge is -2.11. The van der Waals surface area contributed by atoms with Crippen LogP contribution in [0.25, 0.3) is 10.8 Å². The zero-order chi connectivity index (χ0) is 21.9. The highest BCUT2D eigenvalue weighted by molar-refractivity contribution is 6.06. The van der Waals surface area contributed by atoms with Crippen molar-refractivity contribution in [1.29, 1.82) is 0 Å². The molecule has 0 heterocycles. The van der Waals surface area contributed by atoms with E-state index in [1.807, 2.05) is 0 Å². The fourth-order valence-electron chi connectivity index (χ4n) is 2.78. The van der Waals surface area contributed by atoms with Gasteiger partial charge in [0.05, 0.1) is 5.56 Å². The number of rotatable bonds is 5. The van der Waals surface area contributed by atoms with Crippen molar-refractivity contribution >= 4 is 22.4 Å². The zero-order valence-corrected chi connectivity index (χ0v) is 16.0. The van der Waals surface area contributed by atoms with Crippen LogP contribution in [-0.4, -0.2) is 29.4 Å². The van der Waals surface area contributed by atoms with Gasteiger partial charge in [0.2, 0.25) is 0 Å². The molecule has 0 saturated carbocycles. The van der Waals surface area contributed by atoms with Crippen molar-refractivity contribution < 1.29 is 27.8 Å². The fourth-order valence-corrected chi connectivity index (χ4v) is 2.78. The summed E-state index contributed by atoms with van der Waals surface area (Å²) in [6, 6.07) is 14.4. The highest BCUT2D eigenvalue weighted by Crippen LogP contribution is 2.33. The predicted octanol–water partition coefficient (Wildman–Crippen LogP) is 4.57. The quantitative estimate of drug-likeness (QED) is 0.597. The number of hydrogen-bond acceptors (Lipinski definition) is 4. The van der Waals surface area contributed by atoms with Gasteiger partial charge in [-0.1, -0.05) is 12.1 Å². The van der Waals surface area contributed by atoms with Crippen molar-refractivity contribution in [3.05, 3.63) is 71.8 Å². The molecule has 3 aromatic rings. The van der Waals surface area contributed by atoms with Crippen LogP contribution in [0.1, 0.15) is 22.8 Å². The molecule has 5 nitrogen and oxygen atoms in total. The van der Waals surface area contributed by atoms with Crippen LogP contribution in [0.2, 0.25) is 0 Å². The summed E-state index contributed by atoms with van der Waals surface area (Å²) < 4.78 is 43.9. The molecule has 1 atom stereocenters. The third-order valence-electron chi connectivity index (χ3n) is 4.48. The molecule has 0 aliphatic carbocycles. The molecule has 0 bridgehead atoms. The van der Waals surface area contributed by atoms with E-state index in [4.69, 9.17) is 10.5 Å². The Balaban J connectivity index is 1.87. The van der Waals surface area contributed by atoms with Crippen LogP contribution in [0.15, 0.2) is 65.7 Å². The van der Waals surface area contributed by atoms with Gasteiger partial charge in [0.15, 0.2) is 0 Å². The van der Waals surface area contributed by atoms with Gasteiger partial charge in [-0.3, -0.25) is 4.79 Å². The molecule has 1 amide bonds. The molecule has 3 aromatic carbocycles. The molecule has 8 heteroatoms. The van der Waals surface area contributed by atoms with Crippen molar-refractivity contribution in [1.82, 2.24) is 0 Å². The maximum absolute atomic E-state index is 12.7. The van der Waals surface area contributed by atoms with Crippen LogP contribution in [0.4, 0.5) is 13.2 Å². The van der Waals surface area contributed by atoms with Gasteiger partial charge in [-0.2, -0.15) is 13.2 Å². The molecule has 0 spiro atoms. The summed E-state index contributed by atoms with van der Waals surface area (Å²) >= 11 is 0. The monoisotopic (exact) mass is 416 g/mol. The largest absolute Gasteiger partial charge is 0.457 e. The van der Waals surface area contributed by atoms with Gasteiger partial charge < -0.3 is 15.6 Å². The van der Waals surface area contributed by atoms with Gasteiger partial charge in [0, 0.05) is 23.2 Å². The second-order valence-corrected chi connectivity index (χ2v) is 6.63. The molecule has 0 saturated heterocycles. The van der Waals surface area contributed by atoms with E-state index in [1.54, 1.807) is 36.4 Å². The van der Waals surface area contributed by atoms with Crippen LogP contribution in [0.3, 0.4) is 0 Å². The number of nitrogens with two attached hydrogens (primary N) is 1. The average Bonchev–Trinajstić information content (AvgIpc) is 2.72. The minimum atomic E-state index is -4.41. The first kappa shape index (κ1) is 21.5. The third kappa shape index (κ3) is 4.84. The minimum absolute atomic E-state index is 0.0367. The Morgan fingerprint density at radius 1 is 1.13 bits per heavy atom. The number of aliphatic hydroxyl groups excluding tert-OH is 1. The summed E-state index contributed by atoms with van der Waals surface area (Å²) in [6.45, 7) is 1.48. The number of nitrogens with zero attached hydrogens (tertiary/aromatic N) is 1. The van der Waals surface area contributed by atoms with Crippen molar-refractivity contribution in [3.63, 3.8) is 0 Å². The van der Waals surface area contributed by atoms with Crippen molar-refractivity contribution in [2.45, 2.75) is 19.2 Å². The van der Waals surface area contributed by atoms with Gasteiger partial charge in [-0.15, -0.1) is 0 Å². The summed E-state index contributed by atoms with van der Waals surface area (Å²) in [5.41, 5.74) is 5.14. The number of halogens is 3. The van der Waals surface area contributed by atoms with E-state index in [0.29, 0.717) is 22.1 Å². The van der Waals surface area contributed by atoms with E-state index >= 15 is 0 Å². The Kier molecular flexibility index (Phi) is 6.19. The molecular formula is C22H19F3N2O3. The molecule has 3 rings (SSSR count). The van der Waals surface area contributed by atoms with Crippen LogP contribution >= 0.6 is 0 Å². The van der Waals surface area contributed by atoms with E-state index < -0.39 is 23.8 Å². The van der Waals surface area contributed by atoms with E-state index in [2.05, 4.69) is 4.99 Å². The fraction of sp³-hybridized carbons (Fsp3) is 0.182. The molecule has 0 aromatic heterocycles. The molecule has 0 aliphatic heterocycles. The Morgan fingerprint density at radius 3 is 2.47 bits per heavy atom. The Morgan fingerprint density at radius 2 is 1.83 bits per heavy atom. The Labute approximate surface area is 170 Å². The predicted molar refractivity (Wildman–Crippen MR) is 108 cm³/mol. The van der Waals surface area contributed by atoms with Crippen LogP contribution in [0, 0.1) is 0 Å². The molecule has 0 aliphatic rings. The van der Waals surface area contributed by atoms with E-state index in [1.165, 1.54) is 19.1 Å². The summed E-state index contributed by atoms with van der Waals surface area (Å²) in [5.74, 6) is 0.173. The zero-order valence-electron chi connectivity index (χ0n) is 16.0. The molecule has 0 radical (unpaired) electrons. The number of amides is 1. The Hall–Kier alpha value is -3.23. The standard InChI is InChI=1S/C22H19F3N2O3/c1-13(19(28)12-26)27-21(29)15-5-10-18-14(11-15)3-2-4-20(18)30-17-8-6-16(7-9-17)22(23,24)25/h2-11,19,28H,12,26H2,1H3/t19-/m0/s1. The van der Waals surface area contributed by atoms with Crippen molar-refractivity contribution in [2.24, 2.45) is 10.7 Å². The number of benzene rings is 3. The number of aliphatic imine (C=N–C) groups is 1. The number of aliphatic hydroxyl groups is 1. The van der Waals surface area contributed by atoms with E-state index in [0.717, 1.165) is 12.1 Å². The smallest absolute Gasteiger partial charge is 0.416 e. The van der Waals surface area contributed by atoms with Gasteiger partial charge in [-0.25, -0.2) is 4.99 Å². The molecule has 0 unspecified atom stereocenters. The first-order chi connectivity index (χ1) is 14.2. The van der Waals surface area contributed by atoms with Gasteiger partial charge in [-0.05, 0) is 60.8 Å². The Bertz CT molecular complexity index is 1090. The molecule has 0 fully saturated rings. The summed E-state index contributed by atoms with van der Waals surface area (Å²) in [5, 5.41) is 11.0. The highest BCUT2D eigenvalue weighted by atomic mass is 19.4. The van der Waals surface area contributed by atoms with Crippen LogP contribution in [0.5, 0.6) is 11.5 Å². The van der Waals surface area contributed by atoms with Crippen LogP contribution < -0.4 is 10.5 Å². The number of hydrogen-bond donors (Lipinski definition) is 2. The highest BCUT2D eigenvalue weighted by Gasteiger charge is 2.30. The second-order valence-electron chi connectivity index (χ2n) is 6.63. The van der Waals surface area contributed by atoms with Crippen molar-refractivity contribution in [3.8, 4) is 11.5 Å². The minimum Gasteiger partial charge on any atom is -0.457 e. The summed E-state index contributed by atoms with van der Waals surface area (Å²) in [7, 11) is 0. The number of fused-ring (bicyclic) bond motifs is 1.